The van der Waals surface area contributed by atoms with Gasteiger partial charge in [-0.05, 0) is 37.1 Å². The van der Waals surface area contributed by atoms with E-state index < -0.39 is 53.8 Å². The third kappa shape index (κ3) is 6.11. The largest absolute Gasteiger partial charge is 0.480 e. The average Bonchev–Trinajstić information content (AvgIpc) is 2.99. The van der Waals surface area contributed by atoms with Crippen LogP contribution < -0.4 is 5.32 Å². The maximum absolute atomic E-state index is 13.0. The van der Waals surface area contributed by atoms with Crippen LogP contribution in [0.4, 0.5) is 37.0 Å². The molecule has 2 N–H and O–H groups in total. The van der Waals surface area contributed by atoms with Gasteiger partial charge < -0.3 is 20.1 Å². The number of fused-ring (bicyclic) bond motifs is 1. The maximum atomic E-state index is 13.0. The number of amides is 1. The van der Waals surface area contributed by atoms with Crippen LogP contribution in [0.5, 0.6) is 0 Å². The van der Waals surface area contributed by atoms with Crippen molar-refractivity contribution in [1.82, 2.24) is 14.7 Å². The number of aromatic nitrogens is 2. The van der Waals surface area contributed by atoms with E-state index in [1.165, 1.54) is 11.8 Å². The molecule has 1 aromatic carbocycles. The second kappa shape index (κ2) is 9.43. The number of carboxylic acid groups (broad SMARTS) is 1. The molecule has 0 fully saturated rings. The second-order valence-corrected chi connectivity index (χ2v) is 7.69. The van der Waals surface area contributed by atoms with E-state index in [0.717, 1.165) is 0 Å². The van der Waals surface area contributed by atoms with Crippen LogP contribution in [0.1, 0.15) is 35.7 Å². The molecule has 1 aliphatic rings. The molecule has 3 rings (SSSR count). The molecule has 34 heavy (non-hydrogen) atoms. The lowest BCUT2D eigenvalue weighted by Gasteiger charge is -2.20. The third-order valence-corrected chi connectivity index (χ3v) is 5.02. The van der Waals surface area contributed by atoms with Crippen molar-refractivity contribution in [1.29, 1.82) is 0 Å². The first-order valence-corrected chi connectivity index (χ1v) is 10.00. The Morgan fingerprint density at radius 1 is 1.09 bits per heavy atom. The number of hydrogen-bond donors (Lipinski definition) is 2. The summed E-state index contributed by atoms with van der Waals surface area (Å²) in [6.45, 7) is 1.27. The molecule has 2 heterocycles. The standard InChI is InChI=1S/C20H20F6N4O4/c1-11(17(31)32)27-16-8-15-9-29(3-2-4-30(15)28-16)18(33)34-10-12-5-13(19(21,22)23)7-14(6-12)20(24,25)26/h5-8,11H,2-4,9-10H2,1H3,(H,27,28)(H,31,32). The van der Waals surface area contributed by atoms with Crippen molar-refractivity contribution in [2.45, 2.75) is 51.4 Å². The van der Waals surface area contributed by atoms with Crippen molar-refractivity contribution < 1.29 is 45.8 Å². The molecule has 8 nitrogen and oxygen atoms in total. The fraction of sp³-hybridized carbons (Fsp3) is 0.450. The van der Waals surface area contributed by atoms with Crippen LogP contribution in [0, 0.1) is 0 Å². The molecule has 1 unspecified atom stereocenters. The smallest absolute Gasteiger partial charge is 0.416 e. The Labute approximate surface area is 189 Å². The lowest BCUT2D eigenvalue weighted by molar-refractivity contribution is -0.143. The lowest BCUT2D eigenvalue weighted by atomic mass is 10.1. The van der Waals surface area contributed by atoms with Crippen LogP contribution >= 0.6 is 0 Å². The number of nitrogens with one attached hydrogen (secondary N) is 1. The van der Waals surface area contributed by atoms with Crippen molar-refractivity contribution in [3.8, 4) is 0 Å². The first-order chi connectivity index (χ1) is 15.7. The SMILES string of the molecule is CC(Nc1cc2n(n1)CCCN(C(=O)OCc1cc(C(F)(F)F)cc(C(F)(F)F)c1)C2)C(=O)O. The second-order valence-electron chi connectivity index (χ2n) is 7.69. The zero-order valence-corrected chi connectivity index (χ0v) is 17.7. The van der Waals surface area contributed by atoms with Crippen molar-refractivity contribution in [2.24, 2.45) is 0 Å². The number of anilines is 1. The van der Waals surface area contributed by atoms with Crippen molar-refractivity contribution in [2.75, 3.05) is 11.9 Å². The zero-order chi connectivity index (χ0) is 25.3. The van der Waals surface area contributed by atoms with E-state index in [2.05, 4.69) is 10.4 Å². The van der Waals surface area contributed by atoms with Gasteiger partial charge in [-0.2, -0.15) is 31.4 Å². The molecule has 1 amide bonds. The minimum absolute atomic E-state index is 0.00187. The number of aliphatic carboxylic acids is 1. The topological polar surface area (TPSA) is 96.7 Å². The van der Waals surface area contributed by atoms with Crippen molar-refractivity contribution in [3.63, 3.8) is 0 Å². The third-order valence-electron chi connectivity index (χ3n) is 5.02. The fourth-order valence-electron chi connectivity index (χ4n) is 3.31. The monoisotopic (exact) mass is 494 g/mol. The van der Waals surface area contributed by atoms with Crippen LogP contribution in [0.3, 0.4) is 0 Å². The molecule has 1 aliphatic heterocycles. The Hall–Kier alpha value is -3.45. The van der Waals surface area contributed by atoms with E-state index in [1.54, 1.807) is 10.7 Å². The van der Waals surface area contributed by atoms with Gasteiger partial charge in [0.25, 0.3) is 0 Å². The van der Waals surface area contributed by atoms with Gasteiger partial charge in [0.1, 0.15) is 18.5 Å². The van der Waals surface area contributed by atoms with Gasteiger partial charge in [-0.25, -0.2) is 4.79 Å². The zero-order valence-electron chi connectivity index (χ0n) is 17.7. The van der Waals surface area contributed by atoms with Gasteiger partial charge in [-0.1, -0.05) is 0 Å². The molecule has 1 atom stereocenters. The molecule has 0 bridgehead atoms. The van der Waals surface area contributed by atoms with Gasteiger partial charge in [0.15, 0.2) is 0 Å². The number of carbonyl (C=O) groups excluding carboxylic acids is 1. The Kier molecular flexibility index (Phi) is 6.98. The number of hydrogen-bond acceptors (Lipinski definition) is 5. The molecular formula is C20H20F6N4O4. The van der Waals surface area contributed by atoms with Crippen molar-refractivity contribution in [3.05, 3.63) is 46.6 Å². The van der Waals surface area contributed by atoms with E-state index in [-0.39, 0.29) is 25.0 Å². The van der Waals surface area contributed by atoms with Gasteiger partial charge in [-0.3, -0.25) is 9.48 Å². The predicted octanol–water partition coefficient (Wildman–Crippen LogP) is 4.35. The molecule has 0 radical (unpaired) electrons. The Morgan fingerprint density at radius 3 is 2.26 bits per heavy atom. The number of rotatable bonds is 5. The minimum Gasteiger partial charge on any atom is -0.480 e. The summed E-state index contributed by atoms with van der Waals surface area (Å²) < 4.78 is 84.6. The highest BCUT2D eigenvalue weighted by Gasteiger charge is 2.37. The molecule has 0 spiro atoms. The Morgan fingerprint density at radius 2 is 1.71 bits per heavy atom. The van der Waals surface area contributed by atoms with Crippen LogP contribution in [0.2, 0.25) is 0 Å². The molecule has 2 aromatic rings. The van der Waals surface area contributed by atoms with Gasteiger partial charge in [-0.15, -0.1) is 0 Å². The molecule has 186 valence electrons. The summed E-state index contributed by atoms with van der Waals surface area (Å²) >= 11 is 0. The average molecular weight is 494 g/mol. The number of alkyl halides is 6. The highest BCUT2D eigenvalue weighted by atomic mass is 19.4. The summed E-state index contributed by atoms with van der Waals surface area (Å²) in [6.07, 6.45) is -10.5. The van der Waals surface area contributed by atoms with Crippen LogP contribution in [0.25, 0.3) is 0 Å². The van der Waals surface area contributed by atoms with Crippen LogP contribution in [-0.2, 0) is 41.6 Å². The number of carbonyl (C=O) groups is 2. The van der Waals surface area contributed by atoms with Crippen LogP contribution in [0.15, 0.2) is 24.3 Å². The lowest BCUT2D eigenvalue weighted by Crippen LogP contribution is -2.31. The number of ether oxygens (including phenoxy) is 1. The van der Waals surface area contributed by atoms with Gasteiger partial charge >= 0.3 is 24.4 Å². The molecule has 0 saturated heterocycles. The first-order valence-electron chi connectivity index (χ1n) is 10.00. The summed E-state index contributed by atoms with van der Waals surface area (Å²) in [5.41, 5.74) is -2.90. The van der Waals surface area contributed by atoms with E-state index in [0.29, 0.717) is 30.8 Å². The number of nitrogens with zero attached hydrogens (tertiary/aromatic N) is 3. The Bertz CT molecular complexity index is 1030. The van der Waals surface area contributed by atoms with E-state index in [9.17, 15) is 35.9 Å². The number of aryl methyl sites for hydroxylation is 1. The number of benzene rings is 1. The van der Waals surface area contributed by atoms with Crippen LogP contribution in [-0.4, -0.2) is 44.4 Å². The molecular weight excluding hydrogens is 474 g/mol. The summed E-state index contributed by atoms with van der Waals surface area (Å²) in [5, 5.41) is 15.9. The Balaban J connectivity index is 1.71. The molecule has 14 heteroatoms. The molecule has 0 saturated carbocycles. The first kappa shape index (κ1) is 25.2. The number of halogens is 6. The normalized spacial score (nSPS) is 15.3. The van der Waals surface area contributed by atoms with Gasteiger partial charge in [0.2, 0.25) is 0 Å². The van der Waals surface area contributed by atoms with E-state index >= 15 is 0 Å². The minimum atomic E-state index is -5.01. The maximum Gasteiger partial charge on any atom is 0.416 e. The highest BCUT2D eigenvalue weighted by molar-refractivity contribution is 5.76. The van der Waals surface area contributed by atoms with Gasteiger partial charge in [0.05, 0.1) is 23.4 Å². The van der Waals surface area contributed by atoms with Crippen molar-refractivity contribution >= 4 is 17.9 Å². The summed E-state index contributed by atoms with van der Waals surface area (Å²) in [7, 11) is 0. The highest BCUT2D eigenvalue weighted by Crippen LogP contribution is 2.36. The predicted molar refractivity (Wildman–Crippen MR) is 105 cm³/mol. The van der Waals surface area contributed by atoms with E-state index in [4.69, 9.17) is 9.84 Å². The fourth-order valence-corrected chi connectivity index (χ4v) is 3.31. The number of carboxylic acids is 1. The quantitative estimate of drug-likeness (QED) is 0.601. The summed E-state index contributed by atoms with van der Waals surface area (Å²) in [6, 6.07) is 1.64. The summed E-state index contributed by atoms with van der Waals surface area (Å²) in [5.74, 6) is -0.805. The summed E-state index contributed by atoms with van der Waals surface area (Å²) in [4.78, 5) is 24.7. The molecule has 0 aliphatic carbocycles. The van der Waals surface area contributed by atoms with E-state index in [1.807, 2.05) is 0 Å². The molecule has 1 aromatic heterocycles. The van der Waals surface area contributed by atoms with Gasteiger partial charge in [0, 0.05) is 19.2 Å².